The summed E-state index contributed by atoms with van der Waals surface area (Å²) in [4.78, 5) is 13.1. The van der Waals surface area contributed by atoms with E-state index in [1.807, 2.05) is 16.1 Å². The fourth-order valence-corrected chi connectivity index (χ4v) is 3.60. The minimum absolute atomic E-state index is 0.0799. The van der Waals surface area contributed by atoms with Gasteiger partial charge in [0, 0.05) is 18.2 Å². The fourth-order valence-electron chi connectivity index (χ4n) is 2.92. The molecule has 0 unspecified atom stereocenters. The molecule has 7 heteroatoms. The standard InChI is InChI=1S/C20H20FN3O2S/c21-15-4-1-2-5-18(15)26-13-20(25)22-9-10-24-17(14-7-8-14)12-16(23-24)19-6-3-11-27-19/h1-6,11-12,14H,7-10,13H2,(H,22,25). The third-order valence-corrected chi connectivity index (χ3v) is 5.31. The van der Waals surface area contributed by atoms with Gasteiger partial charge >= 0.3 is 0 Å². The predicted octanol–water partition coefficient (Wildman–Crippen LogP) is 3.82. The number of carbonyl (C=O) groups excluding carboxylic acids is 1. The Balaban J connectivity index is 1.31. The molecule has 1 amide bonds. The topological polar surface area (TPSA) is 56.1 Å². The van der Waals surface area contributed by atoms with Crippen LogP contribution in [0.2, 0.25) is 0 Å². The number of hydrogen-bond acceptors (Lipinski definition) is 4. The van der Waals surface area contributed by atoms with Gasteiger partial charge in [-0.3, -0.25) is 9.48 Å². The minimum Gasteiger partial charge on any atom is -0.481 e. The van der Waals surface area contributed by atoms with Gasteiger partial charge in [-0.15, -0.1) is 11.3 Å². The van der Waals surface area contributed by atoms with Crippen molar-refractivity contribution in [3.8, 4) is 16.3 Å². The molecule has 1 saturated carbocycles. The molecule has 0 radical (unpaired) electrons. The minimum atomic E-state index is -0.475. The third-order valence-electron chi connectivity index (χ3n) is 4.42. The molecule has 27 heavy (non-hydrogen) atoms. The number of hydrogen-bond donors (Lipinski definition) is 1. The van der Waals surface area contributed by atoms with Gasteiger partial charge in [0.1, 0.15) is 5.69 Å². The molecule has 1 N–H and O–H groups in total. The summed E-state index contributed by atoms with van der Waals surface area (Å²) in [6.45, 7) is 0.837. The molecule has 1 aliphatic rings. The van der Waals surface area contributed by atoms with Crippen molar-refractivity contribution in [2.75, 3.05) is 13.2 Å². The molecule has 1 aliphatic carbocycles. The number of aromatic nitrogens is 2. The molecule has 0 saturated heterocycles. The number of para-hydroxylation sites is 1. The summed E-state index contributed by atoms with van der Waals surface area (Å²) in [6.07, 6.45) is 2.39. The van der Waals surface area contributed by atoms with Gasteiger partial charge in [-0.1, -0.05) is 18.2 Å². The Hall–Kier alpha value is -2.67. The Kier molecular flexibility index (Phi) is 5.20. The van der Waals surface area contributed by atoms with Gasteiger partial charge in [0.05, 0.1) is 11.4 Å². The second-order valence-electron chi connectivity index (χ2n) is 6.50. The molecule has 0 spiro atoms. The number of nitrogens with one attached hydrogen (secondary N) is 1. The summed E-state index contributed by atoms with van der Waals surface area (Å²) in [6, 6.07) is 12.3. The largest absolute Gasteiger partial charge is 0.481 e. The maximum atomic E-state index is 13.5. The van der Waals surface area contributed by atoms with Gasteiger partial charge in [-0.25, -0.2) is 4.39 Å². The van der Waals surface area contributed by atoms with E-state index >= 15 is 0 Å². The van der Waals surface area contributed by atoms with E-state index in [1.165, 1.54) is 30.7 Å². The quantitative estimate of drug-likeness (QED) is 0.641. The number of thiophene rings is 1. The van der Waals surface area contributed by atoms with Crippen molar-refractivity contribution >= 4 is 17.2 Å². The van der Waals surface area contributed by atoms with Gasteiger partial charge in [0.15, 0.2) is 18.2 Å². The van der Waals surface area contributed by atoms with Crippen LogP contribution in [0.5, 0.6) is 5.75 Å². The zero-order valence-electron chi connectivity index (χ0n) is 14.7. The van der Waals surface area contributed by atoms with E-state index in [9.17, 15) is 9.18 Å². The van der Waals surface area contributed by atoms with Crippen LogP contribution >= 0.6 is 11.3 Å². The Morgan fingerprint density at radius 2 is 2.15 bits per heavy atom. The van der Waals surface area contributed by atoms with Crippen LogP contribution in [-0.2, 0) is 11.3 Å². The molecule has 0 aliphatic heterocycles. The third kappa shape index (κ3) is 4.36. The number of carbonyl (C=O) groups is 1. The average Bonchev–Trinajstić information content (AvgIpc) is 3.19. The lowest BCUT2D eigenvalue weighted by molar-refractivity contribution is -0.123. The lowest BCUT2D eigenvalue weighted by Crippen LogP contribution is -2.32. The smallest absolute Gasteiger partial charge is 0.258 e. The van der Waals surface area contributed by atoms with E-state index in [4.69, 9.17) is 9.84 Å². The van der Waals surface area contributed by atoms with E-state index < -0.39 is 5.82 Å². The SMILES string of the molecule is O=C(COc1ccccc1F)NCCn1nc(-c2cccs2)cc1C1CC1. The summed E-state index contributed by atoms with van der Waals surface area (Å²) >= 11 is 1.67. The zero-order valence-corrected chi connectivity index (χ0v) is 15.5. The van der Waals surface area contributed by atoms with Crippen LogP contribution in [0.25, 0.3) is 10.6 Å². The van der Waals surface area contributed by atoms with Crippen molar-refractivity contribution in [1.82, 2.24) is 15.1 Å². The zero-order chi connectivity index (χ0) is 18.6. The van der Waals surface area contributed by atoms with E-state index in [0.29, 0.717) is 19.0 Å². The van der Waals surface area contributed by atoms with E-state index in [-0.39, 0.29) is 18.3 Å². The molecule has 0 atom stereocenters. The summed E-state index contributed by atoms with van der Waals surface area (Å²) in [5.74, 6) is -0.100. The molecule has 4 rings (SSSR count). The monoisotopic (exact) mass is 385 g/mol. The highest BCUT2D eigenvalue weighted by Gasteiger charge is 2.28. The Bertz CT molecular complexity index is 919. The predicted molar refractivity (Wildman–Crippen MR) is 102 cm³/mol. The second kappa shape index (κ2) is 7.92. The molecule has 1 fully saturated rings. The molecule has 140 valence electrons. The Morgan fingerprint density at radius 3 is 2.89 bits per heavy atom. The molecular weight excluding hydrogens is 365 g/mol. The summed E-state index contributed by atoms with van der Waals surface area (Å²) in [5.41, 5.74) is 2.22. The summed E-state index contributed by atoms with van der Waals surface area (Å²) in [5, 5.41) is 9.56. The highest BCUT2D eigenvalue weighted by atomic mass is 32.1. The van der Waals surface area contributed by atoms with Crippen LogP contribution in [-0.4, -0.2) is 28.8 Å². The van der Waals surface area contributed by atoms with Crippen molar-refractivity contribution in [2.45, 2.75) is 25.3 Å². The van der Waals surface area contributed by atoms with Crippen LogP contribution in [0.1, 0.15) is 24.5 Å². The molecule has 2 heterocycles. The molecule has 0 bridgehead atoms. The first kappa shape index (κ1) is 17.7. The van der Waals surface area contributed by atoms with Crippen LogP contribution in [0, 0.1) is 5.82 Å². The highest BCUT2D eigenvalue weighted by molar-refractivity contribution is 7.13. The molecule has 5 nitrogen and oxygen atoms in total. The average molecular weight is 385 g/mol. The summed E-state index contributed by atoms with van der Waals surface area (Å²) < 4.78 is 20.7. The first-order valence-corrected chi connectivity index (χ1v) is 9.84. The number of rotatable bonds is 8. The highest BCUT2D eigenvalue weighted by Crippen LogP contribution is 2.41. The van der Waals surface area contributed by atoms with Crippen molar-refractivity contribution in [1.29, 1.82) is 0 Å². The maximum Gasteiger partial charge on any atom is 0.258 e. The number of halogens is 1. The van der Waals surface area contributed by atoms with E-state index in [0.717, 1.165) is 10.6 Å². The van der Waals surface area contributed by atoms with Gasteiger partial charge in [0.2, 0.25) is 0 Å². The molecule has 1 aromatic carbocycles. The van der Waals surface area contributed by atoms with Crippen LogP contribution < -0.4 is 10.1 Å². The van der Waals surface area contributed by atoms with Crippen LogP contribution in [0.3, 0.4) is 0 Å². The molecular formula is C20H20FN3O2S. The van der Waals surface area contributed by atoms with Gasteiger partial charge in [-0.05, 0) is 42.5 Å². The van der Waals surface area contributed by atoms with Gasteiger partial charge < -0.3 is 10.1 Å². The van der Waals surface area contributed by atoms with Crippen molar-refractivity contribution < 1.29 is 13.9 Å². The Morgan fingerprint density at radius 1 is 1.30 bits per heavy atom. The fraction of sp³-hybridized carbons (Fsp3) is 0.300. The maximum absolute atomic E-state index is 13.5. The van der Waals surface area contributed by atoms with Gasteiger partial charge in [0.25, 0.3) is 5.91 Å². The number of ether oxygens (including phenoxy) is 1. The van der Waals surface area contributed by atoms with E-state index in [1.54, 1.807) is 23.5 Å². The number of nitrogens with zero attached hydrogens (tertiary/aromatic N) is 2. The molecule has 2 aromatic heterocycles. The van der Waals surface area contributed by atoms with Crippen LogP contribution in [0.15, 0.2) is 47.8 Å². The lowest BCUT2D eigenvalue weighted by atomic mass is 10.2. The second-order valence-corrected chi connectivity index (χ2v) is 7.45. The molecule has 3 aromatic rings. The normalized spacial score (nSPS) is 13.5. The summed E-state index contributed by atoms with van der Waals surface area (Å²) in [7, 11) is 0. The van der Waals surface area contributed by atoms with Crippen molar-refractivity contribution in [2.24, 2.45) is 0 Å². The number of amides is 1. The first-order chi connectivity index (χ1) is 13.2. The van der Waals surface area contributed by atoms with Crippen molar-refractivity contribution in [3.63, 3.8) is 0 Å². The lowest BCUT2D eigenvalue weighted by Gasteiger charge is -2.09. The Labute approximate surface area is 160 Å². The van der Waals surface area contributed by atoms with Gasteiger partial charge in [-0.2, -0.15) is 5.10 Å². The first-order valence-electron chi connectivity index (χ1n) is 8.96. The van der Waals surface area contributed by atoms with Crippen LogP contribution in [0.4, 0.5) is 4.39 Å². The van der Waals surface area contributed by atoms with Crippen molar-refractivity contribution in [3.05, 3.63) is 59.4 Å². The van der Waals surface area contributed by atoms with E-state index in [2.05, 4.69) is 17.4 Å². The number of benzene rings is 1.